The first kappa shape index (κ1) is 21.4. The number of halogens is 3. The summed E-state index contributed by atoms with van der Waals surface area (Å²) in [6, 6.07) is 11.7. The fourth-order valence-electron chi connectivity index (χ4n) is 3.17. The molecular formula is C19H19Cl3N2O3S. The zero-order chi connectivity index (χ0) is 20.3. The van der Waals surface area contributed by atoms with Gasteiger partial charge >= 0.3 is 0 Å². The van der Waals surface area contributed by atoms with Gasteiger partial charge in [-0.3, -0.25) is 4.79 Å². The van der Waals surface area contributed by atoms with Gasteiger partial charge in [0.2, 0.25) is 15.9 Å². The predicted molar refractivity (Wildman–Crippen MR) is 113 cm³/mol. The Hall–Kier alpha value is -1.31. The maximum Gasteiger partial charge on any atom is 0.227 e. The van der Waals surface area contributed by atoms with Crippen molar-refractivity contribution >= 4 is 56.4 Å². The molecule has 0 aromatic heterocycles. The summed E-state index contributed by atoms with van der Waals surface area (Å²) >= 11 is 18.0. The molecule has 0 aliphatic carbocycles. The summed E-state index contributed by atoms with van der Waals surface area (Å²) in [5.41, 5.74) is 1.10. The van der Waals surface area contributed by atoms with Gasteiger partial charge in [0.05, 0.1) is 5.75 Å². The van der Waals surface area contributed by atoms with Crippen LogP contribution in [0.2, 0.25) is 15.1 Å². The molecule has 3 rings (SSSR count). The van der Waals surface area contributed by atoms with E-state index in [2.05, 4.69) is 5.32 Å². The van der Waals surface area contributed by atoms with Crippen molar-refractivity contribution in [3.63, 3.8) is 0 Å². The van der Waals surface area contributed by atoms with E-state index in [1.165, 1.54) is 4.31 Å². The van der Waals surface area contributed by atoms with Crippen LogP contribution >= 0.6 is 34.8 Å². The lowest BCUT2D eigenvalue weighted by atomic mass is 9.97. The lowest BCUT2D eigenvalue weighted by Gasteiger charge is -2.30. The van der Waals surface area contributed by atoms with Gasteiger partial charge in [0.25, 0.3) is 0 Å². The minimum absolute atomic E-state index is 0.148. The number of rotatable bonds is 5. The number of amides is 1. The van der Waals surface area contributed by atoms with Crippen LogP contribution in [0.25, 0.3) is 0 Å². The van der Waals surface area contributed by atoms with E-state index in [1.54, 1.807) is 42.5 Å². The Kier molecular flexibility index (Phi) is 6.89. The third-order valence-corrected chi connectivity index (χ3v) is 7.28. The van der Waals surface area contributed by atoms with Gasteiger partial charge in [0.15, 0.2) is 0 Å². The number of carbonyl (C=O) groups excluding carboxylic acids is 1. The van der Waals surface area contributed by atoms with Gasteiger partial charge in [-0.2, -0.15) is 0 Å². The number of nitrogens with zero attached hydrogens (tertiary/aromatic N) is 1. The van der Waals surface area contributed by atoms with Crippen molar-refractivity contribution in [3.05, 3.63) is 63.1 Å². The van der Waals surface area contributed by atoms with Gasteiger partial charge < -0.3 is 5.32 Å². The number of carbonyl (C=O) groups is 1. The summed E-state index contributed by atoms with van der Waals surface area (Å²) < 4.78 is 26.8. The van der Waals surface area contributed by atoms with Crippen molar-refractivity contribution in [1.29, 1.82) is 0 Å². The molecule has 1 fully saturated rings. The van der Waals surface area contributed by atoms with Crippen molar-refractivity contribution < 1.29 is 13.2 Å². The molecule has 0 radical (unpaired) electrons. The second-order valence-corrected chi connectivity index (χ2v) is 9.92. The van der Waals surface area contributed by atoms with Gasteiger partial charge in [-0.1, -0.05) is 53.0 Å². The lowest BCUT2D eigenvalue weighted by molar-refractivity contribution is -0.120. The fourth-order valence-corrected chi connectivity index (χ4v) is 5.57. The van der Waals surface area contributed by atoms with Crippen LogP contribution < -0.4 is 5.32 Å². The average Bonchev–Trinajstić information content (AvgIpc) is 2.63. The Balaban J connectivity index is 1.59. The number of hydrogen-bond acceptors (Lipinski definition) is 3. The second kappa shape index (κ2) is 9.01. The number of anilines is 1. The Morgan fingerprint density at radius 1 is 1.04 bits per heavy atom. The van der Waals surface area contributed by atoms with E-state index < -0.39 is 10.0 Å². The summed E-state index contributed by atoms with van der Waals surface area (Å²) in [6.45, 7) is 0.586. The standard InChI is InChI=1S/C19H19Cl3N2O3S/c20-15-9-16(21)11-17(10-15)23-19(25)13-5-7-24(8-6-13)28(26,27)12-14-3-1-2-4-18(14)22/h1-4,9-11,13H,5-8,12H2,(H,23,25). The Labute approximate surface area is 179 Å². The number of piperidine rings is 1. The lowest BCUT2D eigenvalue weighted by Crippen LogP contribution is -2.41. The number of hydrogen-bond donors (Lipinski definition) is 1. The highest BCUT2D eigenvalue weighted by Gasteiger charge is 2.31. The van der Waals surface area contributed by atoms with E-state index in [-0.39, 0.29) is 17.6 Å². The monoisotopic (exact) mass is 460 g/mol. The van der Waals surface area contributed by atoms with Crippen LogP contribution in [0.5, 0.6) is 0 Å². The first-order chi connectivity index (χ1) is 13.2. The normalized spacial score (nSPS) is 16.1. The van der Waals surface area contributed by atoms with Gasteiger partial charge in [-0.15, -0.1) is 0 Å². The van der Waals surface area contributed by atoms with E-state index in [1.807, 2.05) is 0 Å². The van der Waals surface area contributed by atoms with Crippen LogP contribution in [-0.4, -0.2) is 31.7 Å². The van der Waals surface area contributed by atoms with Crippen molar-refractivity contribution in [2.24, 2.45) is 5.92 Å². The molecule has 1 saturated heterocycles. The number of benzene rings is 2. The summed E-state index contributed by atoms with van der Waals surface area (Å²) in [5, 5.41) is 4.10. The molecule has 0 unspecified atom stereocenters. The van der Waals surface area contributed by atoms with E-state index in [0.717, 1.165) is 0 Å². The van der Waals surface area contributed by atoms with Crippen molar-refractivity contribution in [3.8, 4) is 0 Å². The minimum Gasteiger partial charge on any atom is -0.326 e. The molecule has 0 atom stereocenters. The van der Waals surface area contributed by atoms with Gasteiger partial charge in [-0.05, 0) is 42.7 Å². The molecule has 1 heterocycles. The van der Waals surface area contributed by atoms with Gasteiger partial charge in [0, 0.05) is 39.8 Å². The third kappa shape index (κ3) is 5.39. The molecule has 1 amide bonds. The molecule has 0 bridgehead atoms. The third-order valence-electron chi connectivity index (χ3n) is 4.64. The van der Waals surface area contributed by atoms with Crippen LogP contribution in [0.1, 0.15) is 18.4 Å². The molecule has 1 aliphatic heterocycles. The Bertz CT molecular complexity index is 954. The summed E-state index contributed by atoms with van der Waals surface area (Å²) in [7, 11) is -3.50. The zero-order valence-electron chi connectivity index (χ0n) is 14.9. The van der Waals surface area contributed by atoms with E-state index in [9.17, 15) is 13.2 Å². The van der Waals surface area contributed by atoms with Crippen LogP contribution in [0.3, 0.4) is 0 Å². The first-order valence-corrected chi connectivity index (χ1v) is 11.5. The van der Waals surface area contributed by atoms with Gasteiger partial charge in [0.1, 0.15) is 0 Å². The van der Waals surface area contributed by atoms with Gasteiger partial charge in [-0.25, -0.2) is 12.7 Å². The largest absolute Gasteiger partial charge is 0.326 e. The number of sulfonamides is 1. The molecule has 0 spiro atoms. The highest BCUT2D eigenvalue weighted by molar-refractivity contribution is 7.88. The molecule has 1 aliphatic rings. The number of nitrogens with one attached hydrogen (secondary N) is 1. The molecule has 0 saturated carbocycles. The Morgan fingerprint density at radius 3 is 2.25 bits per heavy atom. The molecule has 5 nitrogen and oxygen atoms in total. The highest BCUT2D eigenvalue weighted by Crippen LogP contribution is 2.27. The van der Waals surface area contributed by atoms with E-state index in [0.29, 0.717) is 52.2 Å². The fraction of sp³-hybridized carbons (Fsp3) is 0.316. The zero-order valence-corrected chi connectivity index (χ0v) is 18.0. The van der Waals surface area contributed by atoms with Crippen LogP contribution in [0.4, 0.5) is 5.69 Å². The molecule has 9 heteroatoms. The molecule has 28 heavy (non-hydrogen) atoms. The quantitative estimate of drug-likeness (QED) is 0.693. The van der Waals surface area contributed by atoms with Crippen LogP contribution in [0, 0.1) is 5.92 Å². The molecule has 1 N–H and O–H groups in total. The van der Waals surface area contributed by atoms with Crippen molar-refractivity contribution in [1.82, 2.24) is 4.31 Å². The van der Waals surface area contributed by atoms with E-state index >= 15 is 0 Å². The molecular weight excluding hydrogens is 443 g/mol. The highest BCUT2D eigenvalue weighted by atomic mass is 35.5. The second-order valence-electron chi connectivity index (χ2n) is 6.67. The molecule has 2 aromatic carbocycles. The topological polar surface area (TPSA) is 66.5 Å². The maximum atomic E-state index is 12.7. The van der Waals surface area contributed by atoms with Crippen LogP contribution in [0.15, 0.2) is 42.5 Å². The smallest absolute Gasteiger partial charge is 0.227 e. The Morgan fingerprint density at radius 2 is 1.64 bits per heavy atom. The average molecular weight is 462 g/mol. The first-order valence-electron chi connectivity index (χ1n) is 8.73. The minimum atomic E-state index is -3.50. The summed E-state index contributed by atoms with van der Waals surface area (Å²) in [5.74, 6) is -0.587. The maximum absolute atomic E-state index is 12.7. The van der Waals surface area contributed by atoms with E-state index in [4.69, 9.17) is 34.8 Å². The summed E-state index contributed by atoms with van der Waals surface area (Å²) in [6.07, 6.45) is 0.893. The predicted octanol–water partition coefficient (Wildman–Crippen LogP) is 4.83. The SMILES string of the molecule is O=C(Nc1cc(Cl)cc(Cl)c1)C1CCN(S(=O)(=O)Cc2ccccc2Cl)CC1. The summed E-state index contributed by atoms with van der Waals surface area (Å²) in [4.78, 5) is 12.5. The molecule has 150 valence electrons. The molecule has 2 aromatic rings. The van der Waals surface area contributed by atoms with Crippen molar-refractivity contribution in [2.45, 2.75) is 18.6 Å². The van der Waals surface area contributed by atoms with Crippen molar-refractivity contribution in [2.75, 3.05) is 18.4 Å². The van der Waals surface area contributed by atoms with Crippen LogP contribution in [-0.2, 0) is 20.6 Å².